The fourth-order valence-electron chi connectivity index (χ4n) is 2.66. The lowest BCUT2D eigenvalue weighted by atomic mass is 10.00. The first-order valence-electron chi connectivity index (χ1n) is 7.16. The van der Waals surface area contributed by atoms with E-state index >= 15 is 0 Å². The highest BCUT2D eigenvalue weighted by molar-refractivity contribution is 5.78. The summed E-state index contributed by atoms with van der Waals surface area (Å²) in [5.74, 6) is 0.231. The SMILES string of the molecule is Cc1ccc(C)c(C(C)NCC(=O)N2CCCC2)c1. The molecule has 1 heterocycles. The Bertz CT molecular complexity index is 450. The Hall–Kier alpha value is -1.35. The van der Waals surface area contributed by atoms with Crippen LogP contribution < -0.4 is 5.32 Å². The van der Waals surface area contributed by atoms with Crippen LogP contribution in [0.5, 0.6) is 0 Å². The van der Waals surface area contributed by atoms with E-state index in [1.54, 1.807) is 0 Å². The van der Waals surface area contributed by atoms with Crippen molar-refractivity contribution < 1.29 is 4.79 Å². The molecule has 1 amide bonds. The second-order valence-electron chi connectivity index (χ2n) is 5.55. The summed E-state index contributed by atoms with van der Waals surface area (Å²) >= 11 is 0. The monoisotopic (exact) mass is 260 g/mol. The third-order valence-electron chi connectivity index (χ3n) is 3.92. The summed E-state index contributed by atoms with van der Waals surface area (Å²) in [6.07, 6.45) is 2.30. The minimum absolute atomic E-state index is 0.214. The zero-order chi connectivity index (χ0) is 13.8. The summed E-state index contributed by atoms with van der Waals surface area (Å²) in [6.45, 7) is 8.64. The van der Waals surface area contributed by atoms with Gasteiger partial charge in [0.2, 0.25) is 5.91 Å². The lowest BCUT2D eigenvalue weighted by Crippen LogP contribution is -2.37. The predicted molar refractivity (Wildman–Crippen MR) is 78.1 cm³/mol. The maximum atomic E-state index is 12.0. The quantitative estimate of drug-likeness (QED) is 0.902. The number of hydrogen-bond donors (Lipinski definition) is 1. The summed E-state index contributed by atoms with van der Waals surface area (Å²) in [5.41, 5.74) is 3.83. The largest absolute Gasteiger partial charge is 0.342 e. The van der Waals surface area contributed by atoms with Crippen molar-refractivity contribution >= 4 is 5.91 Å². The molecular weight excluding hydrogens is 236 g/mol. The van der Waals surface area contributed by atoms with Gasteiger partial charge in [0.15, 0.2) is 0 Å². The zero-order valence-electron chi connectivity index (χ0n) is 12.2. The lowest BCUT2D eigenvalue weighted by molar-refractivity contribution is -0.129. The molecule has 0 bridgehead atoms. The van der Waals surface area contributed by atoms with Crippen molar-refractivity contribution in [2.45, 2.75) is 39.7 Å². The topological polar surface area (TPSA) is 32.3 Å². The fraction of sp³-hybridized carbons (Fsp3) is 0.562. The van der Waals surface area contributed by atoms with Crippen LogP contribution >= 0.6 is 0 Å². The van der Waals surface area contributed by atoms with Gasteiger partial charge in [-0.3, -0.25) is 4.79 Å². The number of aryl methyl sites for hydroxylation is 2. The smallest absolute Gasteiger partial charge is 0.236 e. The van der Waals surface area contributed by atoms with Gasteiger partial charge >= 0.3 is 0 Å². The van der Waals surface area contributed by atoms with E-state index in [2.05, 4.69) is 44.3 Å². The van der Waals surface area contributed by atoms with Crippen molar-refractivity contribution in [3.8, 4) is 0 Å². The van der Waals surface area contributed by atoms with Crippen LogP contribution in [0.2, 0.25) is 0 Å². The Morgan fingerprint density at radius 2 is 2.00 bits per heavy atom. The highest BCUT2D eigenvalue weighted by atomic mass is 16.2. The molecule has 1 N–H and O–H groups in total. The molecular formula is C16H24N2O. The molecule has 1 aromatic rings. The molecule has 0 aliphatic carbocycles. The number of amides is 1. The first-order valence-corrected chi connectivity index (χ1v) is 7.16. The Labute approximate surface area is 116 Å². The molecule has 1 fully saturated rings. The molecule has 19 heavy (non-hydrogen) atoms. The number of carbonyl (C=O) groups is 1. The van der Waals surface area contributed by atoms with Gasteiger partial charge < -0.3 is 10.2 Å². The van der Waals surface area contributed by atoms with Gasteiger partial charge in [0.1, 0.15) is 0 Å². The highest BCUT2D eigenvalue weighted by Crippen LogP contribution is 2.18. The molecule has 1 aliphatic rings. The number of nitrogens with one attached hydrogen (secondary N) is 1. The predicted octanol–water partition coefficient (Wildman–Crippen LogP) is 2.58. The molecule has 1 saturated heterocycles. The molecule has 1 atom stereocenters. The van der Waals surface area contributed by atoms with Gasteiger partial charge in [-0.05, 0) is 44.7 Å². The van der Waals surface area contributed by atoms with Crippen molar-refractivity contribution in [2.24, 2.45) is 0 Å². The van der Waals surface area contributed by atoms with Crippen LogP contribution in [0.1, 0.15) is 42.5 Å². The first-order chi connectivity index (χ1) is 9.08. The molecule has 0 aromatic heterocycles. The van der Waals surface area contributed by atoms with Crippen LogP contribution in [0, 0.1) is 13.8 Å². The van der Waals surface area contributed by atoms with Crippen molar-refractivity contribution in [1.82, 2.24) is 10.2 Å². The van der Waals surface area contributed by atoms with E-state index in [-0.39, 0.29) is 11.9 Å². The Balaban J connectivity index is 1.91. The van der Waals surface area contributed by atoms with Gasteiger partial charge in [-0.15, -0.1) is 0 Å². The number of carbonyl (C=O) groups excluding carboxylic acids is 1. The minimum Gasteiger partial charge on any atom is -0.342 e. The van der Waals surface area contributed by atoms with Gasteiger partial charge in [0, 0.05) is 19.1 Å². The molecule has 1 aliphatic heterocycles. The second kappa shape index (κ2) is 6.20. The first kappa shape index (κ1) is 14.1. The molecule has 2 rings (SSSR count). The van der Waals surface area contributed by atoms with Crippen molar-refractivity contribution in [3.05, 3.63) is 34.9 Å². The van der Waals surface area contributed by atoms with E-state index in [1.165, 1.54) is 16.7 Å². The third-order valence-corrected chi connectivity index (χ3v) is 3.92. The lowest BCUT2D eigenvalue weighted by Gasteiger charge is -2.20. The normalized spacial score (nSPS) is 16.7. The molecule has 1 aromatic carbocycles. The minimum atomic E-state index is 0.214. The van der Waals surface area contributed by atoms with E-state index in [9.17, 15) is 4.79 Å². The average molecular weight is 260 g/mol. The van der Waals surface area contributed by atoms with E-state index < -0.39 is 0 Å². The number of nitrogens with zero attached hydrogens (tertiary/aromatic N) is 1. The van der Waals surface area contributed by atoms with E-state index in [0.29, 0.717) is 6.54 Å². The molecule has 0 saturated carbocycles. The molecule has 0 radical (unpaired) electrons. The van der Waals surface area contributed by atoms with E-state index in [4.69, 9.17) is 0 Å². The summed E-state index contributed by atoms with van der Waals surface area (Å²) in [4.78, 5) is 14.0. The number of benzene rings is 1. The zero-order valence-corrected chi connectivity index (χ0v) is 12.2. The van der Waals surface area contributed by atoms with Crippen molar-refractivity contribution in [1.29, 1.82) is 0 Å². The van der Waals surface area contributed by atoms with Crippen molar-refractivity contribution in [3.63, 3.8) is 0 Å². The van der Waals surface area contributed by atoms with Gasteiger partial charge in [0.25, 0.3) is 0 Å². The summed E-state index contributed by atoms with van der Waals surface area (Å²) in [7, 11) is 0. The maximum absolute atomic E-state index is 12.0. The Morgan fingerprint density at radius 1 is 1.32 bits per heavy atom. The van der Waals surface area contributed by atoms with Crippen LogP contribution in [0.25, 0.3) is 0 Å². The Morgan fingerprint density at radius 3 is 2.68 bits per heavy atom. The van der Waals surface area contributed by atoms with Gasteiger partial charge in [-0.2, -0.15) is 0 Å². The summed E-state index contributed by atoms with van der Waals surface area (Å²) in [5, 5.41) is 3.35. The average Bonchev–Trinajstić information content (AvgIpc) is 2.92. The number of likely N-dealkylation sites (tertiary alicyclic amines) is 1. The number of hydrogen-bond acceptors (Lipinski definition) is 2. The van der Waals surface area contributed by atoms with Gasteiger partial charge in [0.05, 0.1) is 6.54 Å². The van der Waals surface area contributed by atoms with Crippen LogP contribution in [-0.4, -0.2) is 30.4 Å². The van der Waals surface area contributed by atoms with Crippen LogP contribution in [0.3, 0.4) is 0 Å². The van der Waals surface area contributed by atoms with E-state index in [0.717, 1.165) is 25.9 Å². The Kier molecular flexibility index (Phi) is 4.59. The van der Waals surface area contributed by atoms with Gasteiger partial charge in [-0.25, -0.2) is 0 Å². The molecule has 3 heteroatoms. The van der Waals surface area contributed by atoms with Crippen LogP contribution in [0.4, 0.5) is 0 Å². The third kappa shape index (κ3) is 3.57. The summed E-state index contributed by atoms with van der Waals surface area (Å²) in [6, 6.07) is 6.69. The van der Waals surface area contributed by atoms with Crippen molar-refractivity contribution in [2.75, 3.05) is 19.6 Å². The maximum Gasteiger partial charge on any atom is 0.236 e. The highest BCUT2D eigenvalue weighted by Gasteiger charge is 2.18. The molecule has 1 unspecified atom stereocenters. The molecule has 3 nitrogen and oxygen atoms in total. The van der Waals surface area contributed by atoms with Gasteiger partial charge in [-0.1, -0.05) is 23.8 Å². The van der Waals surface area contributed by atoms with Crippen LogP contribution in [0.15, 0.2) is 18.2 Å². The fourth-order valence-corrected chi connectivity index (χ4v) is 2.66. The number of rotatable bonds is 4. The standard InChI is InChI=1S/C16H24N2O/c1-12-6-7-13(2)15(10-12)14(3)17-11-16(19)18-8-4-5-9-18/h6-7,10,14,17H,4-5,8-9,11H2,1-3H3. The summed E-state index contributed by atoms with van der Waals surface area (Å²) < 4.78 is 0. The molecule has 0 spiro atoms. The second-order valence-corrected chi connectivity index (χ2v) is 5.55. The van der Waals surface area contributed by atoms with Crippen LogP contribution in [-0.2, 0) is 4.79 Å². The van der Waals surface area contributed by atoms with E-state index in [1.807, 2.05) is 4.90 Å². The molecule has 104 valence electrons.